The van der Waals surface area contributed by atoms with Gasteiger partial charge in [0, 0.05) is 0 Å². The molecule has 1 unspecified atom stereocenters. The Morgan fingerprint density at radius 2 is 1.40 bits per heavy atom. The Balaban J connectivity index is 3.43. The van der Waals surface area contributed by atoms with Crippen LogP contribution in [0.3, 0.4) is 0 Å². The summed E-state index contributed by atoms with van der Waals surface area (Å²) in [5.74, 6) is 0. The Morgan fingerprint density at radius 3 is 1.87 bits per heavy atom. The van der Waals surface area contributed by atoms with Crippen molar-refractivity contribution in [3.63, 3.8) is 0 Å². The lowest BCUT2D eigenvalue weighted by atomic mass is 10.6. The SMILES string of the molecule is O=S1(=O)C=S(=O)(O)OC(F)(F)C(F)(F)O1. The van der Waals surface area contributed by atoms with Gasteiger partial charge in [0.1, 0.15) is 0 Å². The predicted octanol–water partition coefficient (Wildman–Crippen LogP) is -0.0193. The van der Waals surface area contributed by atoms with Gasteiger partial charge in [-0.1, -0.05) is 0 Å². The number of rotatable bonds is 0. The van der Waals surface area contributed by atoms with E-state index in [-0.39, 0.29) is 0 Å². The van der Waals surface area contributed by atoms with Gasteiger partial charge >= 0.3 is 22.3 Å². The van der Waals surface area contributed by atoms with Crippen LogP contribution in [0.2, 0.25) is 0 Å². The lowest BCUT2D eigenvalue weighted by Crippen LogP contribution is -2.45. The van der Waals surface area contributed by atoms with Crippen molar-refractivity contribution < 1.29 is 43.1 Å². The van der Waals surface area contributed by atoms with Crippen LogP contribution < -0.4 is 0 Å². The summed E-state index contributed by atoms with van der Waals surface area (Å²) in [6, 6.07) is 0. The first-order valence-electron chi connectivity index (χ1n) is 2.90. The van der Waals surface area contributed by atoms with E-state index in [0.29, 0.717) is 0 Å². The average molecular weight is 274 g/mol. The van der Waals surface area contributed by atoms with Crippen LogP contribution in [0.5, 0.6) is 0 Å². The zero-order valence-corrected chi connectivity index (χ0v) is 8.03. The van der Waals surface area contributed by atoms with Gasteiger partial charge in [0.2, 0.25) is 10.1 Å². The number of hydrogen-bond donors (Lipinski definition) is 1. The molecule has 0 fully saturated rings. The first-order chi connectivity index (χ1) is 6.37. The summed E-state index contributed by atoms with van der Waals surface area (Å²) in [5.41, 5.74) is 0. The molecule has 1 aliphatic heterocycles. The number of halogens is 4. The summed E-state index contributed by atoms with van der Waals surface area (Å²) in [7, 11) is -10.6. The van der Waals surface area contributed by atoms with Crippen LogP contribution in [0.4, 0.5) is 17.6 Å². The molecule has 1 atom stereocenters. The summed E-state index contributed by atoms with van der Waals surface area (Å²) in [4.78, 5) is 0. The van der Waals surface area contributed by atoms with Gasteiger partial charge in [0.25, 0.3) is 0 Å². The van der Waals surface area contributed by atoms with Crippen LogP contribution in [0.25, 0.3) is 0 Å². The van der Waals surface area contributed by atoms with E-state index >= 15 is 0 Å². The van der Waals surface area contributed by atoms with Crippen molar-refractivity contribution in [3.05, 3.63) is 0 Å². The van der Waals surface area contributed by atoms with Gasteiger partial charge in [0.05, 0.1) is 0 Å². The topological polar surface area (TPSA) is 89.9 Å². The molecule has 15 heavy (non-hydrogen) atoms. The second-order valence-corrected chi connectivity index (χ2v) is 5.42. The van der Waals surface area contributed by atoms with Crippen molar-refractivity contribution in [2.75, 3.05) is 0 Å². The van der Waals surface area contributed by atoms with Gasteiger partial charge in [-0.15, -0.1) is 0 Å². The molecular formula is C3H2F4O6S2. The fourth-order valence-corrected chi connectivity index (χ4v) is 2.87. The number of hydrogen-bond acceptors (Lipinski definition) is 5. The Kier molecular flexibility index (Phi) is 2.56. The Labute approximate surface area is 80.9 Å². The molecule has 1 N–H and O–H groups in total. The van der Waals surface area contributed by atoms with E-state index in [2.05, 4.69) is 8.37 Å². The molecule has 0 aliphatic carbocycles. The minimum atomic E-state index is -5.57. The normalized spacial score (nSPS) is 37.7. The van der Waals surface area contributed by atoms with E-state index < -0.39 is 37.1 Å². The molecule has 1 heterocycles. The van der Waals surface area contributed by atoms with Gasteiger partial charge in [-0.25, -0.2) is 8.39 Å². The highest BCUT2D eigenvalue weighted by atomic mass is 32.3. The summed E-state index contributed by atoms with van der Waals surface area (Å²) in [6.07, 6.45) is -11.1. The van der Waals surface area contributed by atoms with E-state index in [1.165, 1.54) is 0 Å². The molecule has 90 valence electrons. The Bertz CT molecular complexity index is 485. The predicted molar refractivity (Wildman–Crippen MR) is 37.8 cm³/mol. The minimum absolute atomic E-state index is 0.769. The summed E-state index contributed by atoms with van der Waals surface area (Å²) in [6.45, 7) is 0. The average Bonchev–Trinajstić information content (AvgIpc) is 1.77. The molecule has 0 aromatic carbocycles. The molecule has 6 nitrogen and oxygen atoms in total. The fourth-order valence-electron chi connectivity index (χ4n) is 0.581. The summed E-state index contributed by atoms with van der Waals surface area (Å²) < 4.78 is 94.1. The lowest BCUT2D eigenvalue weighted by molar-refractivity contribution is -0.376. The van der Waals surface area contributed by atoms with Gasteiger partial charge in [-0.3, -0.25) is 4.55 Å². The maximum absolute atomic E-state index is 12.4. The van der Waals surface area contributed by atoms with Crippen molar-refractivity contribution in [1.29, 1.82) is 0 Å². The second kappa shape index (κ2) is 3.04. The number of alkyl halides is 4. The molecule has 0 saturated heterocycles. The van der Waals surface area contributed by atoms with E-state index in [4.69, 9.17) is 4.55 Å². The first-order valence-corrected chi connectivity index (χ1v) is 5.88. The minimum Gasteiger partial charge on any atom is -0.293 e. The second-order valence-electron chi connectivity index (χ2n) is 2.30. The molecule has 0 aromatic rings. The van der Waals surface area contributed by atoms with Crippen LogP contribution in [-0.4, -0.2) is 34.1 Å². The largest absolute Gasteiger partial charge is 0.464 e. The van der Waals surface area contributed by atoms with Gasteiger partial charge in [-0.2, -0.15) is 30.2 Å². The maximum atomic E-state index is 12.4. The third-order valence-electron chi connectivity index (χ3n) is 1.02. The lowest BCUT2D eigenvalue weighted by Gasteiger charge is -2.20. The molecule has 0 bridgehead atoms. The molecule has 0 saturated carbocycles. The van der Waals surface area contributed by atoms with Crippen molar-refractivity contribution in [2.45, 2.75) is 12.2 Å². The van der Waals surface area contributed by atoms with Gasteiger partial charge in [0.15, 0.2) is 4.70 Å². The molecular weight excluding hydrogens is 272 g/mol. The quantitative estimate of drug-likeness (QED) is 0.379. The molecule has 1 rings (SSSR count). The van der Waals surface area contributed by atoms with Crippen molar-refractivity contribution in [1.82, 2.24) is 0 Å². The molecule has 0 spiro atoms. The third-order valence-corrected chi connectivity index (χ3v) is 3.83. The highest BCUT2D eigenvalue weighted by molar-refractivity contribution is 8.15. The first kappa shape index (κ1) is 12.6. The molecule has 1 aliphatic rings. The monoisotopic (exact) mass is 274 g/mol. The van der Waals surface area contributed by atoms with Gasteiger partial charge in [-0.05, 0) is 0 Å². The van der Waals surface area contributed by atoms with Gasteiger partial charge < -0.3 is 0 Å². The molecule has 0 radical (unpaired) electrons. The smallest absolute Gasteiger partial charge is 0.293 e. The van der Waals surface area contributed by atoms with E-state index in [1.807, 2.05) is 0 Å². The van der Waals surface area contributed by atoms with Crippen LogP contribution in [0.15, 0.2) is 0 Å². The van der Waals surface area contributed by atoms with E-state index in [9.17, 15) is 30.2 Å². The summed E-state index contributed by atoms with van der Waals surface area (Å²) in [5, 5.41) is 0. The zero-order chi connectivity index (χ0) is 12.1. The summed E-state index contributed by atoms with van der Waals surface area (Å²) >= 11 is 0. The molecule has 12 heteroatoms. The van der Waals surface area contributed by atoms with Crippen LogP contribution in [-0.2, 0) is 28.6 Å². The maximum Gasteiger partial charge on any atom is 0.464 e. The third kappa shape index (κ3) is 2.57. The van der Waals surface area contributed by atoms with Crippen LogP contribution >= 0.6 is 0 Å². The van der Waals surface area contributed by atoms with Crippen LogP contribution in [0, 0.1) is 0 Å². The zero-order valence-electron chi connectivity index (χ0n) is 6.39. The Morgan fingerprint density at radius 1 is 1.00 bits per heavy atom. The van der Waals surface area contributed by atoms with E-state index in [0.717, 1.165) is 0 Å². The highest BCUT2D eigenvalue weighted by Gasteiger charge is 2.65. The van der Waals surface area contributed by atoms with Crippen LogP contribution in [0.1, 0.15) is 0 Å². The fraction of sp³-hybridized carbons (Fsp3) is 0.667. The highest BCUT2D eigenvalue weighted by Crippen LogP contribution is 2.40. The van der Waals surface area contributed by atoms with Crippen molar-refractivity contribution in [2.24, 2.45) is 0 Å². The Hall–Kier alpha value is -0.430. The molecule has 0 amide bonds. The molecule has 0 aromatic heterocycles. The van der Waals surface area contributed by atoms with E-state index in [1.54, 1.807) is 0 Å². The van der Waals surface area contributed by atoms with Crippen molar-refractivity contribution in [3.8, 4) is 0 Å². The standard InChI is InChI=1S/C3H2F4O6S2/c4-2(5)3(6,7)13-15(10,11)1-14(8,9)12-2/h1H,(H,8,9). The van der Waals surface area contributed by atoms with Crippen molar-refractivity contribution >= 4 is 24.9 Å².